The van der Waals surface area contributed by atoms with Gasteiger partial charge in [0.25, 0.3) is 5.88 Å². The first-order valence-electron chi connectivity index (χ1n) is 6.07. The minimum absolute atomic E-state index is 0.0801. The summed E-state index contributed by atoms with van der Waals surface area (Å²) in [7, 11) is 1.52. The van der Waals surface area contributed by atoms with Gasteiger partial charge in [-0.25, -0.2) is 4.98 Å². The lowest BCUT2D eigenvalue weighted by Crippen LogP contribution is -2.42. The zero-order valence-corrected chi connectivity index (χ0v) is 10.6. The van der Waals surface area contributed by atoms with Crippen LogP contribution in [0.5, 0.6) is 11.6 Å². The maximum absolute atomic E-state index is 8.99. The molecule has 0 radical (unpaired) electrons. The van der Waals surface area contributed by atoms with E-state index in [1.54, 1.807) is 12.3 Å². The third-order valence-corrected chi connectivity index (χ3v) is 3.09. The van der Waals surface area contributed by atoms with E-state index >= 15 is 0 Å². The molecule has 2 atom stereocenters. The lowest BCUT2D eigenvalue weighted by atomic mass is 10.0. The molecule has 96 valence electrons. The van der Waals surface area contributed by atoms with Gasteiger partial charge in [-0.3, -0.25) is 0 Å². The number of pyridine rings is 1. The SMILES string of the molecule is COc1c(C#N)ccnc1O[C@@H]1CC[C@@H](C)NC1. The molecule has 1 fully saturated rings. The Labute approximate surface area is 107 Å². The molecule has 0 saturated carbocycles. The van der Waals surface area contributed by atoms with Gasteiger partial charge in [0.1, 0.15) is 17.7 Å². The second-order valence-electron chi connectivity index (χ2n) is 4.44. The van der Waals surface area contributed by atoms with Crippen molar-refractivity contribution in [3.8, 4) is 17.7 Å². The molecule has 0 amide bonds. The van der Waals surface area contributed by atoms with Crippen LogP contribution in [-0.4, -0.2) is 30.8 Å². The van der Waals surface area contributed by atoms with Crippen molar-refractivity contribution in [2.75, 3.05) is 13.7 Å². The highest BCUT2D eigenvalue weighted by molar-refractivity contribution is 5.48. The van der Waals surface area contributed by atoms with Crippen LogP contribution in [0.4, 0.5) is 0 Å². The second-order valence-corrected chi connectivity index (χ2v) is 4.44. The summed E-state index contributed by atoms with van der Waals surface area (Å²) in [5.74, 6) is 0.816. The van der Waals surface area contributed by atoms with Crippen LogP contribution in [0.15, 0.2) is 12.3 Å². The second kappa shape index (κ2) is 5.69. The summed E-state index contributed by atoms with van der Waals surface area (Å²) < 4.78 is 11.0. The van der Waals surface area contributed by atoms with Crippen molar-refractivity contribution >= 4 is 0 Å². The minimum atomic E-state index is 0.0801. The van der Waals surface area contributed by atoms with Crippen LogP contribution in [0.1, 0.15) is 25.3 Å². The fourth-order valence-corrected chi connectivity index (χ4v) is 2.03. The molecular formula is C13H17N3O2. The third-order valence-electron chi connectivity index (χ3n) is 3.09. The van der Waals surface area contributed by atoms with Crippen molar-refractivity contribution in [3.63, 3.8) is 0 Å². The lowest BCUT2D eigenvalue weighted by Gasteiger charge is -2.28. The average molecular weight is 247 g/mol. The predicted molar refractivity (Wildman–Crippen MR) is 66.6 cm³/mol. The molecule has 1 aliphatic rings. The molecular weight excluding hydrogens is 230 g/mol. The van der Waals surface area contributed by atoms with Gasteiger partial charge in [0.2, 0.25) is 0 Å². The average Bonchev–Trinajstić information content (AvgIpc) is 2.41. The molecule has 18 heavy (non-hydrogen) atoms. The summed E-state index contributed by atoms with van der Waals surface area (Å²) in [6, 6.07) is 4.22. The van der Waals surface area contributed by atoms with Crippen LogP contribution in [0.25, 0.3) is 0 Å². The summed E-state index contributed by atoms with van der Waals surface area (Å²) in [5, 5.41) is 12.3. The van der Waals surface area contributed by atoms with E-state index in [-0.39, 0.29) is 6.10 Å². The number of piperidine rings is 1. The summed E-state index contributed by atoms with van der Waals surface area (Å²) >= 11 is 0. The third kappa shape index (κ3) is 2.71. The number of nitriles is 1. The molecule has 1 aromatic heterocycles. The van der Waals surface area contributed by atoms with E-state index in [4.69, 9.17) is 14.7 Å². The van der Waals surface area contributed by atoms with Gasteiger partial charge in [-0.1, -0.05) is 0 Å². The Hall–Kier alpha value is -1.80. The van der Waals surface area contributed by atoms with Crippen LogP contribution in [0.2, 0.25) is 0 Å². The number of methoxy groups -OCH3 is 1. The summed E-state index contributed by atoms with van der Waals surface area (Å²) in [5.41, 5.74) is 0.444. The van der Waals surface area contributed by atoms with E-state index < -0.39 is 0 Å². The Morgan fingerprint density at radius 3 is 2.94 bits per heavy atom. The lowest BCUT2D eigenvalue weighted by molar-refractivity contribution is 0.141. The Bertz CT molecular complexity index is 448. The fourth-order valence-electron chi connectivity index (χ4n) is 2.03. The molecule has 2 rings (SSSR count). The maximum atomic E-state index is 8.99. The number of aromatic nitrogens is 1. The van der Waals surface area contributed by atoms with Crippen molar-refractivity contribution in [1.29, 1.82) is 5.26 Å². The van der Waals surface area contributed by atoms with Crippen LogP contribution in [-0.2, 0) is 0 Å². The van der Waals surface area contributed by atoms with Gasteiger partial charge in [-0.2, -0.15) is 5.26 Å². The van der Waals surface area contributed by atoms with Crippen molar-refractivity contribution in [3.05, 3.63) is 17.8 Å². The standard InChI is InChI=1S/C13H17N3O2/c1-9-3-4-11(8-16-9)18-13-12(17-2)10(7-14)5-6-15-13/h5-6,9,11,16H,3-4,8H2,1-2H3/t9-,11-/m1/s1. The highest BCUT2D eigenvalue weighted by Crippen LogP contribution is 2.29. The predicted octanol–water partition coefficient (Wildman–Crippen LogP) is 1.48. The zero-order valence-electron chi connectivity index (χ0n) is 10.6. The quantitative estimate of drug-likeness (QED) is 0.876. The van der Waals surface area contributed by atoms with E-state index in [1.807, 2.05) is 0 Å². The van der Waals surface area contributed by atoms with Crippen LogP contribution >= 0.6 is 0 Å². The van der Waals surface area contributed by atoms with Gasteiger partial charge in [0.05, 0.1) is 7.11 Å². The Morgan fingerprint density at radius 2 is 2.33 bits per heavy atom. The van der Waals surface area contributed by atoms with Crippen LogP contribution in [0.3, 0.4) is 0 Å². The van der Waals surface area contributed by atoms with Gasteiger partial charge < -0.3 is 14.8 Å². The smallest absolute Gasteiger partial charge is 0.258 e. The van der Waals surface area contributed by atoms with E-state index in [0.717, 1.165) is 19.4 Å². The number of nitrogens with one attached hydrogen (secondary N) is 1. The molecule has 0 aliphatic carbocycles. The van der Waals surface area contributed by atoms with E-state index in [0.29, 0.717) is 23.2 Å². The first-order valence-corrected chi connectivity index (χ1v) is 6.07. The van der Waals surface area contributed by atoms with Crippen molar-refractivity contribution in [2.24, 2.45) is 0 Å². The van der Waals surface area contributed by atoms with Gasteiger partial charge in [-0.05, 0) is 25.8 Å². The Morgan fingerprint density at radius 1 is 1.50 bits per heavy atom. The summed E-state index contributed by atoms with van der Waals surface area (Å²) in [4.78, 5) is 4.15. The molecule has 5 nitrogen and oxygen atoms in total. The number of ether oxygens (including phenoxy) is 2. The zero-order chi connectivity index (χ0) is 13.0. The van der Waals surface area contributed by atoms with Gasteiger partial charge in [0.15, 0.2) is 5.75 Å². The Kier molecular flexibility index (Phi) is 4.00. The van der Waals surface area contributed by atoms with Crippen LogP contribution < -0.4 is 14.8 Å². The normalized spacial score (nSPS) is 23.2. The van der Waals surface area contributed by atoms with Crippen molar-refractivity contribution < 1.29 is 9.47 Å². The largest absolute Gasteiger partial charge is 0.490 e. The fraction of sp³-hybridized carbons (Fsp3) is 0.538. The van der Waals surface area contributed by atoms with Gasteiger partial charge in [0, 0.05) is 18.8 Å². The van der Waals surface area contributed by atoms with Crippen molar-refractivity contribution in [1.82, 2.24) is 10.3 Å². The monoisotopic (exact) mass is 247 g/mol. The number of hydrogen-bond donors (Lipinski definition) is 1. The molecule has 0 bridgehead atoms. The molecule has 2 heterocycles. The molecule has 1 aromatic rings. The number of hydrogen-bond acceptors (Lipinski definition) is 5. The van der Waals surface area contributed by atoms with E-state index in [2.05, 4.69) is 23.3 Å². The molecule has 0 unspecified atom stereocenters. The van der Waals surface area contributed by atoms with Crippen molar-refractivity contribution in [2.45, 2.75) is 31.9 Å². The molecule has 5 heteroatoms. The first kappa shape index (κ1) is 12.7. The summed E-state index contributed by atoms with van der Waals surface area (Å²) in [6.07, 6.45) is 3.70. The number of nitrogens with zero attached hydrogens (tertiary/aromatic N) is 2. The van der Waals surface area contributed by atoms with Crippen LogP contribution in [0, 0.1) is 11.3 Å². The molecule has 1 N–H and O–H groups in total. The number of rotatable bonds is 3. The highest BCUT2D eigenvalue weighted by atomic mass is 16.5. The molecule has 0 spiro atoms. The maximum Gasteiger partial charge on any atom is 0.258 e. The molecule has 0 aromatic carbocycles. The van der Waals surface area contributed by atoms with E-state index in [1.165, 1.54) is 7.11 Å². The van der Waals surface area contributed by atoms with Gasteiger partial charge >= 0.3 is 0 Å². The molecule has 1 saturated heterocycles. The van der Waals surface area contributed by atoms with Gasteiger partial charge in [-0.15, -0.1) is 0 Å². The topological polar surface area (TPSA) is 67.2 Å². The Balaban J connectivity index is 2.12. The molecule has 1 aliphatic heterocycles. The highest BCUT2D eigenvalue weighted by Gasteiger charge is 2.21. The van der Waals surface area contributed by atoms with E-state index in [9.17, 15) is 0 Å². The summed E-state index contributed by atoms with van der Waals surface area (Å²) in [6.45, 7) is 2.95. The first-order chi connectivity index (χ1) is 8.74. The minimum Gasteiger partial charge on any atom is -0.490 e.